The lowest BCUT2D eigenvalue weighted by molar-refractivity contribution is 0.0240. The van der Waals surface area contributed by atoms with Crippen molar-refractivity contribution in [3.63, 3.8) is 0 Å². The molecule has 0 bridgehead atoms. The minimum atomic E-state index is -0.501. The zero-order valence-electron chi connectivity index (χ0n) is 23.8. The van der Waals surface area contributed by atoms with Crippen LogP contribution in [0, 0.1) is 0 Å². The number of hydrogen-bond donors (Lipinski definition) is 0. The number of pyridine rings is 2. The van der Waals surface area contributed by atoms with Crippen molar-refractivity contribution in [2.24, 2.45) is 0 Å². The van der Waals surface area contributed by atoms with Gasteiger partial charge in [-0.25, -0.2) is 4.79 Å². The molecule has 2 aromatic heterocycles. The van der Waals surface area contributed by atoms with Gasteiger partial charge in [0.15, 0.2) is 0 Å². The molecule has 3 heterocycles. The van der Waals surface area contributed by atoms with Gasteiger partial charge in [0.05, 0.1) is 23.1 Å². The van der Waals surface area contributed by atoms with Gasteiger partial charge in [0.2, 0.25) is 11.8 Å². The van der Waals surface area contributed by atoms with Crippen molar-refractivity contribution in [1.29, 1.82) is 0 Å². The first-order valence-electron chi connectivity index (χ1n) is 13.9. The Balaban J connectivity index is 1.29. The van der Waals surface area contributed by atoms with E-state index in [4.69, 9.17) is 24.2 Å². The Bertz CT molecular complexity index is 1420. The number of hydrogen-bond acceptors (Lipinski definition) is 7. The van der Waals surface area contributed by atoms with Crippen molar-refractivity contribution in [3.8, 4) is 23.0 Å². The lowest BCUT2D eigenvalue weighted by Crippen LogP contribution is -2.50. The molecule has 1 aliphatic rings. The first-order valence-corrected chi connectivity index (χ1v) is 13.9. The molecule has 0 atom stereocenters. The number of carbonyl (C=O) groups is 1. The van der Waals surface area contributed by atoms with Crippen LogP contribution in [0.2, 0.25) is 0 Å². The maximum absolute atomic E-state index is 12.4. The number of piperazine rings is 1. The molecular formula is C33H36N4O4. The molecule has 0 saturated carbocycles. The number of anilines is 1. The SMILES string of the molecule is CC(C)(C)OC(=O)N1CCN(c2ccc(-c3ccc(OCc4ccccc4)nc3OCc3ccccc3)nc2)CC1. The zero-order valence-corrected chi connectivity index (χ0v) is 23.8. The summed E-state index contributed by atoms with van der Waals surface area (Å²) in [6.07, 6.45) is 1.59. The molecule has 8 heteroatoms. The van der Waals surface area contributed by atoms with E-state index < -0.39 is 5.60 Å². The molecule has 0 spiro atoms. The molecule has 1 aliphatic heterocycles. The standard InChI is InChI=1S/C33H36N4O4/c1-33(2,3)41-32(38)37-20-18-36(19-21-37)27-14-16-29(34-22-27)28-15-17-30(39-23-25-10-6-4-7-11-25)35-31(28)40-24-26-12-8-5-9-13-26/h4-17,22H,18-21,23-24H2,1-3H3. The molecular weight excluding hydrogens is 516 g/mol. The average molecular weight is 553 g/mol. The van der Waals surface area contributed by atoms with Crippen LogP contribution in [0.1, 0.15) is 31.9 Å². The molecule has 1 amide bonds. The molecule has 8 nitrogen and oxygen atoms in total. The second-order valence-corrected chi connectivity index (χ2v) is 10.9. The Morgan fingerprint density at radius 2 is 1.41 bits per heavy atom. The van der Waals surface area contributed by atoms with Crippen molar-refractivity contribution >= 4 is 11.8 Å². The Kier molecular flexibility index (Phi) is 8.67. The average Bonchev–Trinajstić information content (AvgIpc) is 2.99. The fourth-order valence-electron chi connectivity index (χ4n) is 4.47. The highest BCUT2D eigenvalue weighted by Gasteiger charge is 2.26. The third kappa shape index (κ3) is 7.75. The van der Waals surface area contributed by atoms with E-state index in [1.807, 2.05) is 112 Å². The zero-order chi connectivity index (χ0) is 28.7. The molecule has 4 aromatic rings. The smallest absolute Gasteiger partial charge is 0.410 e. The minimum absolute atomic E-state index is 0.266. The number of amides is 1. The van der Waals surface area contributed by atoms with Crippen LogP contribution in [0.3, 0.4) is 0 Å². The number of rotatable bonds is 8. The summed E-state index contributed by atoms with van der Waals surface area (Å²) in [4.78, 5) is 25.9. The summed E-state index contributed by atoms with van der Waals surface area (Å²) in [6, 6.07) is 27.8. The molecule has 2 aromatic carbocycles. The molecule has 41 heavy (non-hydrogen) atoms. The summed E-state index contributed by atoms with van der Waals surface area (Å²) in [7, 11) is 0. The molecule has 1 fully saturated rings. The van der Waals surface area contributed by atoms with Gasteiger partial charge >= 0.3 is 6.09 Å². The first-order chi connectivity index (χ1) is 19.8. The van der Waals surface area contributed by atoms with E-state index in [1.54, 1.807) is 4.90 Å². The fraction of sp³-hybridized carbons (Fsp3) is 0.303. The van der Waals surface area contributed by atoms with E-state index >= 15 is 0 Å². The summed E-state index contributed by atoms with van der Waals surface area (Å²) in [5, 5.41) is 0. The van der Waals surface area contributed by atoms with Crippen molar-refractivity contribution in [1.82, 2.24) is 14.9 Å². The number of ether oxygens (including phenoxy) is 3. The van der Waals surface area contributed by atoms with Gasteiger partial charge in [-0.3, -0.25) is 4.98 Å². The van der Waals surface area contributed by atoms with E-state index in [9.17, 15) is 4.79 Å². The number of nitrogens with zero attached hydrogens (tertiary/aromatic N) is 4. The van der Waals surface area contributed by atoms with E-state index in [0.717, 1.165) is 28.1 Å². The highest BCUT2D eigenvalue weighted by Crippen LogP contribution is 2.31. The van der Waals surface area contributed by atoms with E-state index in [-0.39, 0.29) is 6.09 Å². The third-order valence-electron chi connectivity index (χ3n) is 6.60. The Hall–Kier alpha value is -4.59. The van der Waals surface area contributed by atoms with E-state index in [2.05, 4.69) is 4.90 Å². The van der Waals surface area contributed by atoms with Crippen molar-refractivity contribution in [3.05, 3.63) is 102 Å². The quantitative estimate of drug-likeness (QED) is 0.252. The van der Waals surface area contributed by atoms with Gasteiger partial charge in [-0.05, 0) is 50.1 Å². The Labute approximate surface area is 241 Å². The highest BCUT2D eigenvalue weighted by molar-refractivity contribution is 5.69. The number of aromatic nitrogens is 2. The van der Waals surface area contributed by atoms with E-state index in [0.29, 0.717) is 51.2 Å². The van der Waals surface area contributed by atoms with Gasteiger partial charge in [-0.2, -0.15) is 4.98 Å². The van der Waals surface area contributed by atoms with Crippen LogP contribution in [0.4, 0.5) is 10.5 Å². The van der Waals surface area contributed by atoms with Crippen molar-refractivity contribution in [2.45, 2.75) is 39.6 Å². The second-order valence-electron chi connectivity index (χ2n) is 10.9. The summed E-state index contributed by atoms with van der Waals surface area (Å²) < 4.78 is 17.7. The van der Waals surface area contributed by atoms with Crippen LogP contribution < -0.4 is 14.4 Å². The van der Waals surface area contributed by atoms with Gasteiger partial charge in [0.25, 0.3) is 0 Å². The maximum Gasteiger partial charge on any atom is 0.410 e. The molecule has 1 saturated heterocycles. The predicted octanol–water partition coefficient (Wildman–Crippen LogP) is 6.36. The second kappa shape index (κ2) is 12.7. The maximum atomic E-state index is 12.4. The Morgan fingerprint density at radius 1 is 0.780 bits per heavy atom. The fourth-order valence-corrected chi connectivity index (χ4v) is 4.47. The van der Waals surface area contributed by atoms with Crippen LogP contribution in [-0.4, -0.2) is 52.7 Å². The summed E-state index contributed by atoms with van der Waals surface area (Å²) in [5.41, 5.74) is 4.15. The van der Waals surface area contributed by atoms with Gasteiger partial charge in [0, 0.05) is 32.2 Å². The van der Waals surface area contributed by atoms with E-state index in [1.165, 1.54) is 0 Å². The van der Waals surface area contributed by atoms with Crippen LogP contribution in [-0.2, 0) is 18.0 Å². The Morgan fingerprint density at radius 3 is 2.00 bits per heavy atom. The molecule has 0 N–H and O–H groups in total. The van der Waals surface area contributed by atoms with Gasteiger partial charge in [0.1, 0.15) is 18.8 Å². The normalized spacial score (nSPS) is 13.5. The minimum Gasteiger partial charge on any atom is -0.473 e. The molecule has 212 valence electrons. The van der Waals surface area contributed by atoms with Crippen LogP contribution in [0.5, 0.6) is 11.8 Å². The summed E-state index contributed by atoms with van der Waals surface area (Å²) in [6.45, 7) is 9.06. The van der Waals surface area contributed by atoms with Gasteiger partial charge in [-0.1, -0.05) is 60.7 Å². The topological polar surface area (TPSA) is 77.0 Å². The first kappa shape index (κ1) is 28.0. The van der Waals surface area contributed by atoms with Crippen molar-refractivity contribution in [2.75, 3.05) is 31.1 Å². The molecule has 5 rings (SSSR count). The lowest BCUT2D eigenvalue weighted by Gasteiger charge is -2.36. The van der Waals surface area contributed by atoms with Crippen LogP contribution in [0.25, 0.3) is 11.3 Å². The summed E-state index contributed by atoms with van der Waals surface area (Å²) in [5.74, 6) is 0.950. The lowest BCUT2D eigenvalue weighted by atomic mass is 10.1. The van der Waals surface area contributed by atoms with Gasteiger partial charge < -0.3 is 24.0 Å². The molecule has 0 radical (unpaired) electrons. The van der Waals surface area contributed by atoms with Gasteiger partial charge in [-0.15, -0.1) is 0 Å². The monoisotopic (exact) mass is 552 g/mol. The van der Waals surface area contributed by atoms with Crippen LogP contribution in [0.15, 0.2) is 91.1 Å². The third-order valence-corrected chi connectivity index (χ3v) is 6.60. The largest absolute Gasteiger partial charge is 0.473 e. The van der Waals surface area contributed by atoms with Crippen molar-refractivity contribution < 1.29 is 19.0 Å². The van der Waals surface area contributed by atoms with Crippen LogP contribution >= 0.6 is 0 Å². The molecule has 0 aliphatic carbocycles. The number of benzene rings is 2. The highest BCUT2D eigenvalue weighted by atomic mass is 16.6. The predicted molar refractivity (Wildman–Crippen MR) is 159 cm³/mol. The summed E-state index contributed by atoms with van der Waals surface area (Å²) >= 11 is 0. The molecule has 0 unspecified atom stereocenters. The number of carbonyl (C=O) groups excluding carboxylic acids is 1.